The largest absolute Gasteiger partial charge is 0.472 e. The molecule has 29 heavy (non-hydrogen) atoms. The Morgan fingerprint density at radius 1 is 1.34 bits per heavy atom. The van der Waals surface area contributed by atoms with Crippen molar-refractivity contribution in [1.82, 2.24) is 4.98 Å². The lowest BCUT2D eigenvalue weighted by Crippen LogP contribution is -2.34. The number of Topliss-reactive ketones (excluding diaryl/α,β-unsaturated/α-hetero) is 1. The molecule has 1 aliphatic rings. The first-order chi connectivity index (χ1) is 14.0. The van der Waals surface area contributed by atoms with Gasteiger partial charge >= 0.3 is 0 Å². The van der Waals surface area contributed by atoms with Gasteiger partial charge in [-0.05, 0) is 43.5 Å². The molecule has 1 aliphatic heterocycles. The summed E-state index contributed by atoms with van der Waals surface area (Å²) in [7, 11) is 0. The van der Waals surface area contributed by atoms with E-state index in [4.69, 9.17) is 37.3 Å². The zero-order chi connectivity index (χ0) is 20.4. The topological polar surface area (TPSA) is 55.6 Å². The van der Waals surface area contributed by atoms with Crippen molar-refractivity contribution in [2.75, 3.05) is 24.7 Å². The van der Waals surface area contributed by atoms with E-state index in [1.54, 1.807) is 25.5 Å². The summed E-state index contributed by atoms with van der Waals surface area (Å²) in [5, 5.41) is 1.86. The lowest BCUT2D eigenvalue weighted by molar-refractivity contribution is -0.118. The molecule has 2 aromatic heterocycles. The van der Waals surface area contributed by atoms with Gasteiger partial charge in [0.05, 0.1) is 47.3 Å². The monoisotopic (exact) mass is 432 g/mol. The number of ketones is 1. The van der Waals surface area contributed by atoms with Crippen LogP contribution in [0.15, 0.2) is 41.2 Å². The molecule has 5 nitrogen and oxygen atoms in total. The summed E-state index contributed by atoms with van der Waals surface area (Å²) in [5.41, 5.74) is 2.64. The van der Waals surface area contributed by atoms with Crippen molar-refractivity contribution < 1.29 is 13.9 Å². The molecule has 1 aromatic carbocycles. The average molecular weight is 433 g/mol. The number of carbonyl (C=O) groups is 1. The number of hydrogen-bond acceptors (Lipinski definition) is 5. The highest BCUT2D eigenvalue weighted by molar-refractivity contribution is 6.45. The molecule has 1 fully saturated rings. The lowest BCUT2D eigenvalue weighted by atomic mass is 10.0. The van der Waals surface area contributed by atoms with Crippen LogP contribution in [-0.4, -0.2) is 36.6 Å². The standard InChI is InChI=1S/C22H22Cl2N2O3/c1-14(27)6-9-29-13-16-3-2-8-26(16)20-11-18(15-7-10-28-12-15)17-4-5-19(23)21(24)22(17)25-20/h4-5,7,10-12,16H,2-3,6,8-9,13H2,1H3/t16-/m0/s1. The molecule has 0 amide bonds. The van der Waals surface area contributed by atoms with Crippen LogP contribution in [-0.2, 0) is 9.53 Å². The third-order valence-electron chi connectivity index (χ3n) is 5.27. The van der Waals surface area contributed by atoms with Crippen LogP contribution >= 0.6 is 23.2 Å². The number of hydrogen-bond donors (Lipinski definition) is 0. The first-order valence-electron chi connectivity index (χ1n) is 9.69. The molecule has 4 rings (SSSR count). The third-order valence-corrected chi connectivity index (χ3v) is 6.07. The molecule has 1 atom stereocenters. The highest BCUT2D eigenvalue weighted by Crippen LogP contribution is 2.38. The molecule has 0 N–H and O–H groups in total. The van der Waals surface area contributed by atoms with E-state index in [0.717, 1.165) is 41.7 Å². The number of aromatic nitrogens is 1. The highest BCUT2D eigenvalue weighted by Gasteiger charge is 2.27. The van der Waals surface area contributed by atoms with Crippen LogP contribution in [0.5, 0.6) is 0 Å². The van der Waals surface area contributed by atoms with Gasteiger partial charge in [-0.2, -0.15) is 0 Å². The van der Waals surface area contributed by atoms with E-state index in [0.29, 0.717) is 35.2 Å². The van der Waals surface area contributed by atoms with Gasteiger partial charge in [-0.15, -0.1) is 0 Å². The van der Waals surface area contributed by atoms with Crippen LogP contribution in [0.1, 0.15) is 26.2 Å². The van der Waals surface area contributed by atoms with Gasteiger partial charge < -0.3 is 14.1 Å². The molecule has 3 aromatic rings. The van der Waals surface area contributed by atoms with Gasteiger partial charge in [-0.25, -0.2) is 4.98 Å². The van der Waals surface area contributed by atoms with E-state index in [1.807, 2.05) is 12.1 Å². The second-order valence-corrected chi connectivity index (χ2v) is 8.10. The van der Waals surface area contributed by atoms with Gasteiger partial charge in [0.15, 0.2) is 0 Å². The number of ether oxygens (including phenoxy) is 1. The number of halogens is 2. The van der Waals surface area contributed by atoms with Crippen molar-refractivity contribution in [2.24, 2.45) is 0 Å². The Hall–Kier alpha value is -2.08. The van der Waals surface area contributed by atoms with Crippen molar-refractivity contribution in [1.29, 1.82) is 0 Å². The molecule has 0 unspecified atom stereocenters. The molecular formula is C22H22Cl2N2O3. The van der Waals surface area contributed by atoms with Gasteiger partial charge in [0.1, 0.15) is 11.6 Å². The van der Waals surface area contributed by atoms with Crippen molar-refractivity contribution in [3.63, 3.8) is 0 Å². The van der Waals surface area contributed by atoms with E-state index < -0.39 is 0 Å². The molecule has 0 aliphatic carbocycles. The fraction of sp³-hybridized carbons (Fsp3) is 0.364. The normalized spacial score (nSPS) is 16.7. The minimum Gasteiger partial charge on any atom is -0.472 e. The molecular weight excluding hydrogens is 411 g/mol. The number of carbonyl (C=O) groups excluding carboxylic acids is 1. The second-order valence-electron chi connectivity index (χ2n) is 7.31. The molecule has 0 radical (unpaired) electrons. The Bertz CT molecular complexity index is 1020. The fourth-order valence-corrected chi connectivity index (χ4v) is 4.13. The second kappa shape index (κ2) is 8.74. The maximum Gasteiger partial charge on any atom is 0.132 e. The molecule has 7 heteroatoms. The predicted octanol–water partition coefficient (Wildman–Crippen LogP) is 5.77. The zero-order valence-corrected chi connectivity index (χ0v) is 17.7. The fourth-order valence-electron chi connectivity index (χ4n) is 3.77. The number of nitrogens with zero attached hydrogens (tertiary/aromatic N) is 2. The minimum absolute atomic E-state index is 0.140. The van der Waals surface area contributed by atoms with Crippen LogP contribution in [0.3, 0.4) is 0 Å². The van der Waals surface area contributed by atoms with Crippen molar-refractivity contribution in [2.45, 2.75) is 32.2 Å². The Morgan fingerprint density at radius 2 is 2.21 bits per heavy atom. The number of furan rings is 1. The first-order valence-corrected chi connectivity index (χ1v) is 10.5. The maximum atomic E-state index is 11.1. The third kappa shape index (κ3) is 4.27. The smallest absolute Gasteiger partial charge is 0.132 e. The zero-order valence-electron chi connectivity index (χ0n) is 16.2. The van der Waals surface area contributed by atoms with Gasteiger partial charge in [-0.3, -0.25) is 4.79 Å². The number of pyridine rings is 1. The molecule has 0 saturated carbocycles. The average Bonchev–Trinajstić information content (AvgIpc) is 3.39. The number of benzene rings is 1. The van der Waals surface area contributed by atoms with E-state index in [2.05, 4.69) is 11.0 Å². The minimum atomic E-state index is 0.140. The Balaban J connectivity index is 1.69. The van der Waals surface area contributed by atoms with Crippen LogP contribution in [0.25, 0.3) is 22.0 Å². The first kappa shape index (κ1) is 20.2. The Kier molecular flexibility index (Phi) is 6.09. The number of anilines is 1. The Morgan fingerprint density at radius 3 is 2.97 bits per heavy atom. The molecule has 0 bridgehead atoms. The molecule has 0 spiro atoms. The van der Waals surface area contributed by atoms with E-state index in [9.17, 15) is 4.79 Å². The predicted molar refractivity (Wildman–Crippen MR) is 116 cm³/mol. The van der Waals surface area contributed by atoms with Crippen molar-refractivity contribution in [3.8, 4) is 11.1 Å². The van der Waals surface area contributed by atoms with Crippen LogP contribution < -0.4 is 4.90 Å². The molecule has 1 saturated heterocycles. The van der Waals surface area contributed by atoms with E-state index >= 15 is 0 Å². The molecule has 152 valence electrons. The summed E-state index contributed by atoms with van der Waals surface area (Å²) in [5.74, 6) is 0.983. The quantitative estimate of drug-likeness (QED) is 0.443. The highest BCUT2D eigenvalue weighted by atomic mass is 35.5. The lowest BCUT2D eigenvalue weighted by Gasteiger charge is -2.26. The summed E-state index contributed by atoms with van der Waals surface area (Å²) in [6, 6.07) is 7.94. The SMILES string of the molecule is CC(=O)CCOC[C@@H]1CCCN1c1cc(-c2ccoc2)c2ccc(Cl)c(Cl)c2n1. The van der Waals surface area contributed by atoms with Crippen LogP contribution in [0, 0.1) is 0 Å². The number of rotatable bonds is 7. The van der Waals surface area contributed by atoms with E-state index in [1.165, 1.54) is 0 Å². The van der Waals surface area contributed by atoms with Crippen molar-refractivity contribution >= 4 is 45.7 Å². The van der Waals surface area contributed by atoms with Gasteiger partial charge in [-0.1, -0.05) is 29.3 Å². The molecule has 3 heterocycles. The van der Waals surface area contributed by atoms with Gasteiger partial charge in [0, 0.05) is 23.9 Å². The van der Waals surface area contributed by atoms with Crippen LogP contribution in [0.2, 0.25) is 10.0 Å². The van der Waals surface area contributed by atoms with Crippen LogP contribution in [0.4, 0.5) is 5.82 Å². The van der Waals surface area contributed by atoms with E-state index in [-0.39, 0.29) is 11.8 Å². The summed E-state index contributed by atoms with van der Waals surface area (Å²) in [6.45, 7) is 3.49. The van der Waals surface area contributed by atoms with Crippen molar-refractivity contribution in [3.05, 3.63) is 46.8 Å². The van der Waals surface area contributed by atoms with Gasteiger partial charge in [0.25, 0.3) is 0 Å². The number of fused-ring (bicyclic) bond motifs is 1. The summed E-state index contributed by atoms with van der Waals surface area (Å²) in [4.78, 5) is 18.3. The summed E-state index contributed by atoms with van der Waals surface area (Å²) < 4.78 is 11.1. The maximum absolute atomic E-state index is 11.1. The Labute approximate surface area is 179 Å². The van der Waals surface area contributed by atoms with Gasteiger partial charge in [0.2, 0.25) is 0 Å². The summed E-state index contributed by atoms with van der Waals surface area (Å²) in [6.07, 6.45) is 5.89. The summed E-state index contributed by atoms with van der Waals surface area (Å²) >= 11 is 12.8.